The number of hydrogen-bond acceptors (Lipinski definition) is 4. The molecule has 0 atom stereocenters. The Bertz CT molecular complexity index is 673. The highest BCUT2D eigenvalue weighted by atomic mass is 32.2. The van der Waals surface area contributed by atoms with Crippen molar-refractivity contribution in [3.8, 4) is 0 Å². The van der Waals surface area contributed by atoms with Crippen LogP contribution in [0.4, 0.5) is 13.2 Å². The zero-order valence-corrected chi connectivity index (χ0v) is 12.6. The van der Waals surface area contributed by atoms with Crippen LogP contribution in [0.5, 0.6) is 0 Å². The standard InChI is InChI=1S/C14H15F3O4S/c1-10-2-4-11(5-3-10)22(18,19)21-9-12-6-13(7-12,20-8-12)14(15,16)17/h2-5H,6-9H2,1H3. The van der Waals surface area contributed by atoms with Gasteiger partial charge in [-0.05, 0) is 31.9 Å². The van der Waals surface area contributed by atoms with Crippen LogP contribution in [-0.2, 0) is 19.0 Å². The molecule has 8 heteroatoms. The number of alkyl halides is 3. The summed E-state index contributed by atoms with van der Waals surface area (Å²) in [6.45, 7) is 1.40. The molecule has 0 N–H and O–H groups in total. The summed E-state index contributed by atoms with van der Waals surface area (Å²) in [5, 5.41) is 0. The molecule has 2 bridgehead atoms. The van der Waals surface area contributed by atoms with Gasteiger partial charge in [-0.1, -0.05) is 17.7 Å². The van der Waals surface area contributed by atoms with Crippen LogP contribution in [0.25, 0.3) is 0 Å². The van der Waals surface area contributed by atoms with Gasteiger partial charge in [-0.2, -0.15) is 21.6 Å². The van der Waals surface area contributed by atoms with Gasteiger partial charge in [0.2, 0.25) is 0 Å². The van der Waals surface area contributed by atoms with Gasteiger partial charge in [0.05, 0.1) is 18.1 Å². The van der Waals surface area contributed by atoms with E-state index < -0.39 is 27.3 Å². The largest absolute Gasteiger partial charge is 0.417 e. The molecule has 22 heavy (non-hydrogen) atoms. The van der Waals surface area contributed by atoms with Crippen molar-refractivity contribution in [1.29, 1.82) is 0 Å². The number of rotatable bonds is 4. The molecule has 0 radical (unpaired) electrons. The lowest BCUT2D eigenvalue weighted by Gasteiger charge is -2.44. The summed E-state index contributed by atoms with van der Waals surface area (Å²) in [5.41, 5.74) is -2.06. The van der Waals surface area contributed by atoms with E-state index in [0.717, 1.165) is 5.56 Å². The molecular weight excluding hydrogens is 321 g/mol. The number of fused-ring (bicyclic) bond motifs is 1. The van der Waals surface area contributed by atoms with Crippen molar-refractivity contribution >= 4 is 10.1 Å². The predicted molar refractivity (Wildman–Crippen MR) is 70.7 cm³/mol. The van der Waals surface area contributed by atoms with E-state index in [1.54, 1.807) is 12.1 Å². The van der Waals surface area contributed by atoms with Crippen molar-refractivity contribution in [2.75, 3.05) is 13.2 Å². The molecular formula is C14H15F3O4S. The van der Waals surface area contributed by atoms with Crippen molar-refractivity contribution in [3.05, 3.63) is 29.8 Å². The van der Waals surface area contributed by atoms with Crippen LogP contribution in [0, 0.1) is 12.3 Å². The number of ether oxygens (including phenoxy) is 1. The third-order valence-corrected chi connectivity index (χ3v) is 5.60. The van der Waals surface area contributed by atoms with Crippen LogP contribution in [0.3, 0.4) is 0 Å². The SMILES string of the molecule is Cc1ccc(S(=O)(=O)OCC23COC(C(F)(F)F)(C2)C3)cc1. The number of aryl methyl sites for hydroxylation is 1. The molecule has 0 amide bonds. The van der Waals surface area contributed by atoms with Crippen molar-refractivity contribution < 1.29 is 30.5 Å². The highest BCUT2D eigenvalue weighted by Crippen LogP contribution is 2.63. The highest BCUT2D eigenvalue weighted by molar-refractivity contribution is 7.86. The van der Waals surface area contributed by atoms with Crippen LogP contribution in [0.2, 0.25) is 0 Å². The summed E-state index contributed by atoms with van der Waals surface area (Å²) in [6.07, 6.45) is -4.91. The van der Waals surface area contributed by atoms with E-state index in [0.29, 0.717) is 0 Å². The molecule has 0 unspecified atom stereocenters. The van der Waals surface area contributed by atoms with Gasteiger partial charge in [0.1, 0.15) is 0 Å². The van der Waals surface area contributed by atoms with Crippen molar-refractivity contribution in [3.63, 3.8) is 0 Å². The summed E-state index contributed by atoms with van der Waals surface area (Å²) in [6, 6.07) is 6.08. The Kier molecular flexibility index (Phi) is 3.36. The highest BCUT2D eigenvalue weighted by Gasteiger charge is 2.74. The minimum Gasteiger partial charge on any atom is -0.365 e. The molecule has 1 aromatic rings. The Morgan fingerprint density at radius 3 is 2.32 bits per heavy atom. The maximum Gasteiger partial charge on any atom is 0.417 e. The first-order chi connectivity index (χ1) is 10.1. The molecule has 4 rings (SSSR count). The lowest BCUT2D eigenvalue weighted by atomic mass is 9.62. The molecule has 1 aliphatic carbocycles. The average molecular weight is 336 g/mol. The summed E-state index contributed by atoms with van der Waals surface area (Å²) in [4.78, 5) is -0.00479. The van der Waals surface area contributed by atoms with E-state index >= 15 is 0 Å². The Morgan fingerprint density at radius 2 is 1.82 bits per heavy atom. The van der Waals surface area contributed by atoms with Crippen LogP contribution in [0.1, 0.15) is 18.4 Å². The Labute approximate surface area is 126 Å². The van der Waals surface area contributed by atoms with Gasteiger partial charge in [-0.25, -0.2) is 0 Å². The fourth-order valence-corrected chi connectivity index (χ4v) is 4.07. The van der Waals surface area contributed by atoms with Gasteiger partial charge in [0.25, 0.3) is 10.1 Å². The van der Waals surface area contributed by atoms with E-state index in [2.05, 4.69) is 0 Å². The summed E-state index contributed by atoms with van der Waals surface area (Å²) in [5.74, 6) is 0. The summed E-state index contributed by atoms with van der Waals surface area (Å²) in [7, 11) is -3.97. The minimum atomic E-state index is -4.43. The smallest absolute Gasteiger partial charge is 0.365 e. The molecule has 2 saturated heterocycles. The Morgan fingerprint density at radius 1 is 1.23 bits per heavy atom. The second-order valence-corrected chi connectivity index (χ2v) is 7.78. The fraction of sp³-hybridized carbons (Fsp3) is 0.571. The molecule has 4 nitrogen and oxygen atoms in total. The normalized spacial score (nSPS) is 31.1. The third-order valence-electron chi connectivity index (χ3n) is 4.32. The molecule has 1 saturated carbocycles. The molecule has 3 aliphatic rings. The Hall–Kier alpha value is -1.12. The van der Waals surface area contributed by atoms with Crippen LogP contribution in [-0.4, -0.2) is 33.4 Å². The molecule has 122 valence electrons. The molecule has 2 heterocycles. The summed E-state index contributed by atoms with van der Waals surface area (Å²) >= 11 is 0. The lowest BCUT2D eigenvalue weighted by Crippen LogP contribution is -2.55. The number of halogens is 3. The predicted octanol–water partition coefficient (Wildman–Crippen LogP) is 2.81. The van der Waals surface area contributed by atoms with Crippen LogP contribution < -0.4 is 0 Å². The zero-order chi connectivity index (χ0) is 16.2. The second-order valence-electron chi connectivity index (χ2n) is 6.16. The first kappa shape index (κ1) is 15.8. The van der Waals surface area contributed by atoms with Crippen molar-refractivity contribution in [1.82, 2.24) is 0 Å². The van der Waals surface area contributed by atoms with Gasteiger partial charge < -0.3 is 4.74 Å². The van der Waals surface area contributed by atoms with Crippen LogP contribution >= 0.6 is 0 Å². The third kappa shape index (κ3) is 2.43. The molecule has 0 spiro atoms. The number of benzene rings is 1. The van der Waals surface area contributed by atoms with E-state index in [4.69, 9.17) is 8.92 Å². The van der Waals surface area contributed by atoms with Crippen molar-refractivity contribution in [2.24, 2.45) is 5.41 Å². The molecule has 3 fully saturated rings. The van der Waals surface area contributed by atoms with Gasteiger partial charge >= 0.3 is 6.18 Å². The maximum absolute atomic E-state index is 12.8. The Balaban J connectivity index is 1.66. The quantitative estimate of drug-likeness (QED) is 0.794. The van der Waals surface area contributed by atoms with Gasteiger partial charge in [-0.3, -0.25) is 4.18 Å². The first-order valence-electron chi connectivity index (χ1n) is 6.75. The molecule has 2 aliphatic heterocycles. The maximum atomic E-state index is 12.8. The second kappa shape index (κ2) is 4.69. The zero-order valence-electron chi connectivity index (χ0n) is 11.8. The monoisotopic (exact) mass is 336 g/mol. The number of hydrogen-bond donors (Lipinski definition) is 0. The molecule has 1 aromatic carbocycles. The van der Waals surface area contributed by atoms with E-state index in [-0.39, 0.29) is 31.0 Å². The van der Waals surface area contributed by atoms with Crippen molar-refractivity contribution in [2.45, 2.75) is 36.4 Å². The van der Waals surface area contributed by atoms with Gasteiger partial charge in [0, 0.05) is 5.41 Å². The minimum absolute atomic E-state index is 0.00479. The van der Waals surface area contributed by atoms with Gasteiger partial charge in [0.15, 0.2) is 5.60 Å². The fourth-order valence-electron chi connectivity index (χ4n) is 3.06. The van der Waals surface area contributed by atoms with E-state index in [1.807, 2.05) is 6.92 Å². The summed E-state index contributed by atoms with van der Waals surface area (Å²) < 4.78 is 72.5. The van der Waals surface area contributed by atoms with Crippen LogP contribution in [0.15, 0.2) is 29.2 Å². The first-order valence-corrected chi connectivity index (χ1v) is 8.15. The van der Waals surface area contributed by atoms with E-state index in [9.17, 15) is 21.6 Å². The lowest BCUT2D eigenvalue weighted by molar-refractivity contribution is -0.278. The van der Waals surface area contributed by atoms with Gasteiger partial charge in [-0.15, -0.1) is 0 Å². The average Bonchev–Trinajstić information content (AvgIpc) is 2.93. The van der Waals surface area contributed by atoms with E-state index in [1.165, 1.54) is 12.1 Å². The molecule has 0 aromatic heterocycles. The topological polar surface area (TPSA) is 52.6 Å².